The van der Waals surface area contributed by atoms with Crippen LogP contribution in [-0.2, 0) is 24.0 Å². The first-order valence-electron chi connectivity index (χ1n) is 13.0. The van der Waals surface area contributed by atoms with Gasteiger partial charge in [0.15, 0.2) is 0 Å². The first-order valence-corrected chi connectivity index (χ1v) is 13.0. The molecule has 0 atom stereocenters. The summed E-state index contributed by atoms with van der Waals surface area (Å²) in [4.78, 5) is 58.3. The highest BCUT2D eigenvalue weighted by atomic mass is 16.5. The van der Waals surface area contributed by atoms with E-state index >= 15 is 0 Å². The van der Waals surface area contributed by atoms with Crippen LogP contribution in [0.5, 0.6) is 0 Å². The Morgan fingerprint density at radius 1 is 0.622 bits per heavy atom. The Bertz CT molecular complexity index is 707. The van der Waals surface area contributed by atoms with Gasteiger partial charge in [-0.05, 0) is 38.6 Å². The third kappa shape index (κ3) is 19.2. The van der Waals surface area contributed by atoms with Crippen molar-refractivity contribution in [1.82, 2.24) is 20.5 Å². The summed E-state index contributed by atoms with van der Waals surface area (Å²) in [5.74, 6) is -1.93. The van der Waals surface area contributed by atoms with Crippen molar-refractivity contribution in [3.8, 4) is 0 Å². The van der Waals surface area contributed by atoms with Gasteiger partial charge in [-0.1, -0.05) is 19.3 Å². The molecular weight excluding hydrogens is 486 g/mol. The maximum Gasteiger partial charge on any atom is 0.246 e. The number of carbonyl (C=O) groups excluding carboxylic acids is 5. The minimum Gasteiger partial charge on any atom is -0.356 e. The number of unbranched alkanes of at least 4 members (excludes halogenated alkanes) is 5. The number of nitrogens with two attached hydrogens (primary N) is 1. The Balaban J connectivity index is 3.78. The molecule has 0 saturated carbocycles. The van der Waals surface area contributed by atoms with Crippen LogP contribution in [0.2, 0.25) is 0 Å². The summed E-state index contributed by atoms with van der Waals surface area (Å²) in [6, 6.07) is 0. The molecule has 0 fully saturated rings. The summed E-state index contributed by atoms with van der Waals surface area (Å²) < 4.78 is 0. The lowest BCUT2D eigenvalue weighted by molar-refractivity contribution is -0.166. The second-order valence-corrected chi connectivity index (χ2v) is 8.93. The van der Waals surface area contributed by atoms with Gasteiger partial charge in [0.25, 0.3) is 0 Å². The van der Waals surface area contributed by atoms with Crippen molar-refractivity contribution >= 4 is 29.4 Å². The van der Waals surface area contributed by atoms with Gasteiger partial charge in [-0.3, -0.25) is 39.6 Å². The molecule has 0 aromatic heterocycles. The fourth-order valence-electron chi connectivity index (χ4n) is 3.32. The average Bonchev–Trinajstić information content (AvgIpc) is 2.87. The number of carbonyl (C=O) groups is 5. The zero-order valence-electron chi connectivity index (χ0n) is 22.0. The van der Waals surface area contributed by atoms with Crippen LogP contribution in [0.25, 0.3) is 0 Å². The summed E-state index contributed by atoms with van der Waals surface area (Å²) in [6.45, 7) is 2.48. The minimum absolute atomic E-state index is 0.0209. The van der Waals surface area contributed by atoms with Crippen LogP contribution >= 0.6 is 0 Å². The van der Waals surface area contributed by atoms with Gasteiger partial charge in [0, 0.05) is 58.7 Å². The van der Waals surface area contributed by atoms with E-state index in [1.54, 1.807) is 0 Å². The number of hydrogen-bond acceptors (Lipinski definition) is 9. The number of Topliss-reactive ketones (excluding diaryl/α,β-unsaturated/α-hetero) is 1. The molecule has 0 aliphatic heterocycles. The molecule has 0 rings (SSSR count). The normalized spacial score (nSPS) is 10.6. The van der Waals surface area contributed by atoms with Crippen molar-refractivity contribution in [2.24, 2.45) is 5.73 Å². The molecule has 0 bridgehead atoms. The summed E-state index contributed by atoms with van der Waals surface area (Å²) in [7, 11) is 0. The van der Waals surface area contributed by atoms with E-state index in [0.717, 1.165) is 19.3 Å². The molecule has 0 aliphatic carbocycles. The summed E-state index contributed by atoms with van der Waals surface area (Å²) >= 11 is 0. The van der Waals surface area contributed by atoms with E-state index in [1.807, 2.05) is 0 Å². The predicted molar refractivity (Wildman–Crippen MR) is 133 cm³/mol. The van der Waals surface area contributed by atoms with Gasteiger partial charge < -0.3 is 11.1 Å². The molecular formula is C24H45N5O8. The fraction of sp³-hybridized carbons (Fsp3) is 0.792. The number of hydroxylamine groups is 6. The quantitative estimate of drug-likeness (QED) is 0.0779. The number of nitrogens with zero attached hydrogens (tertiary/aromatic N) is 3. The van der Waals surface area contributed by atoms with Crippen molar-refractivity contribution in [3.05, 3.63) is 0 Å². The summed E-state index contributed by atoms with van der Waals surface area (Å²) in [5.41, 5.74) is 5.39. The molecule has 0 heterocycles. The highest BCUT2D eigenvalue weighted by Crippen LogP contribution is 2.08. The third-order valence-corrected chi connectivity index (χ3v) is 5.64. The van der Waals surface area contributed by atoms with Crippen LogP contribution in [0.3, 0.4) is 0 Å². The van der Waals surface area contributed by atoms with Gasteiger partial charge in [0.2, 0.25) is 23.6 Å². The molecule has 37 heavy (non-hydrogen) atoms. The van der Waals surface area contributed by atoms with E-state index in [4.69, 9.17) is 5.73 Å². The fourth-order valence-corrected chi connectivity index (χ4v) is 3.32. The predicted octanol–water partition coefficient (Wildman–Crippen LogP) is 1.38. The van der Waals surface area contributed by atoms with Gasteiger partial charge in [-0.25, -0.2) is 15.2 Å². The van der Waals surface area contributed by atoms with E-state index in [-0.39, 0.29) is 63.6 Å². The molecule has 13 nitrogen and oxygen atoms in total. The van der Waals surface area contributed by atoms with E-state index in [9.17, 15) is 39.6 Å². The van der Waals surface area contributed by atoms with Crippen molar-refractivity contribution < 1.29 is 39.6 Å². The molecule has 13 heteroatoms. The molecule has 6 N–H and O–H groups in total. The molecule has 0 radical (unpaired) electrons. The third-order valence-electron chi connectivity index (χ3n) is 5.64. The first kappa shape index (κ1) is 34.4. The van der Waals surface area contributed by atoms with Crippen LogP contribution in [0.15, 0.2) is 0 Å². The standard InChI is InChI=1S/C24H45N5O8/c1-20(30)27(35)19-9-16-26-22(32)12-14-24(34)29(37)17-7-3-2-5-10-21(31)11-13-23(33)28(36)18-8-4-6-15-25/h35-37H,2-19,25H2,1H3,(H,26,32). The Morgan fingerprint density at radius 2 is 1.14 bits per heavy atom. The van der Waals surface area contributed by atoms with E-state index in [0.29, 0.717) is 60.3 Å². The van der Waals surface area contributed by atoms with Crippen LogP contribution in [0, 0.1) is 0 Å². The topological polar surface area (TPSA) is 194 Å². The first-order chi connectivity index (χ1) is 17.6. The summed E-state index contributed by atoms with van der Waals surface area (Å²) in [6.07, 6.45) is 5.46. The Morgan fingerprint density at radius 3 is 1.70 bits per heavy atom. The van der Waals surface area contributed by atoms with Gasteiger partial charge in [0.05, 0.1) is 6.54 Å². The zero-order chi connectivity index (χ0) is 28.1. The Hall–Kier alpha value is -2.61. The smallest absolute Gasteiger partial charge is 0.246 e. The molecule has 0 aromatic carbocycles. The van der Waals surface area contributed by atoms with Crippen molar-refractivity contribution in [2.75, 3.05) is 32.7 Å². The van der Waals surface area contributed by atoms with E-state index < -0.39 is 17.7 Å². The zero-order valence-corrected chi connectivity index (χ0v) is 22.0. The minimum atomic E-state index is -0.564. The number of nitrogens with one attached hydrogen (secondary N) is 1. The van der Waals surface area contributed by atoms with Gasteiger partial charge >= 0.3 is 0 Å². The van der Waals surface area contributed by atoms with Crippen molar-refractivity contribution in [3.63, 3.8) is 0 Å². The second-order valence-electron chi connectivity index (χ2n) is 8.93. The number of ketones is 1. The molecule has 214 valence electrons. The second kappa shape index (κ2) is 21.5. The van der Waals surface area contributed by atoms with Gasteiger partial charge in [-0.2, -0.15) is 0 Å². The van der Waals surface area contributed by atoms with Gasteiger partial charge in [-0.15, -0.1) is 0 Å². The molecule has 0 aromatic rings. The van der Waals surface area contributed by atoms with Crippen LogP contribution in [0.4, 0.5) is 0 Å². The van der Waals surface area contributed by atoms with Crippen LogP contribution < -0.4 is 11.1 Å². The molecule has 0 saturated heterocycles. The number of hydrogen-bond donors (Lipinski definition) is 5. The largest absolute Gasteiger partial charge is 0.356 e. The molecule has 0 unspecified atom stereocenters. The maximum absolute atomic E-state index is 11.9. The van der Waals surface area contributed by atoms with Crippen molar-refractivity contribution in [2.45, 2.75) is 90.4 Å². The SMILES string of the molecule is CC(=O)N(O)CCCNC(=O)CCC(=O)N(O)CCCCCCC(=O)CCC(=O)N(O)CCCCCN. The molecule has 0 spiro atoms. The summed E-state index contributed by atoms with van der Waals surface area (Å²) in [5, 5.41) is 33.1. The highest BCUT2D eigenvalue weighted by molar-refractivity contribution is 5.84. The van der Waals surface area contributed by atoms with E-state index in [2.05, 4.69) is 5.32 Å². The Labute approximate surface area is 218 Å². The number of rotatable bonds is 22. The van der Waals surface area contributed by atoms with E-state index in [1.165, 1.54) is 6.92 Å². The molecule has 4 amide bonds. The van der Waals surface area contributed by atoms with Crippen LogP contribution in [-0.4, -0.2) is 92.9 Å². The lowest BCUT2D eigenvalue weighted by Gasteiger charge is -2.15. The van der Waals surface area contributed by atoms with Gasteiger partial charge in [0.1, 0.15) is 5.78 Å². The monoisotopic (exact) mass is 531 g/mol. The highest BCUT2D eigenvalue weighted by Gasteiger charge is 2.14. The number of amides is 4. The Kier molecular flexibility index (Phi) is 20.0. The van der Waals surface area contributed by atoms with Crippen molar-refractivity contribution in [1.29, 1.82) is 0 Å². The molecule has 0 aliphatic rings. The lowest BCUT2D eigenvalue weighted by Crippen LogP contribution is -2.32. The average molecular weight is 532 g/mol. The lowest BCUT2D eigenvalue weighted by atomic mass is 10.1. The maximum atomic E-state index is 11.9. The van der Waals surface area contributed by atoms with Crippen LogP contribution in [0.1, 0.15) is 90.4 Å².